The second-order valence-corrected chi connectivity index (χ2v) is 28.2. The number of hydrogen-bond acceptors (Lipinski definition) is 16. The van der Waals surface area contributed by atoms with Crippen molar-refractivity contribution in [2.24, 2.45) is 28.3 Å². The largest absolute Gasteiger partial charge is 0.508 e. The molecule has 6 aromatic rings. The third-order valence-electron chi connectivity index (χ3n) is 18.4. The van der Waals surface area contributed by atoms with Crippen LogP contribution in [0.15, 0.2) is 108 Å². The van der Waals surface area contributed by atoms with Gasteiger partial charge in [0.05, 0.1) is 19.0 Å². The number of amides is 8. The van der Waals surface area contributed by atoms with Crippen LogP contribution >= 0.6 is 23.5 Å². The predicted molar refractivity (Wildman–Crippen MR) is 377 cm³/mol. The Morgan fingerprint density at radius 3 is 1.96 bits per heavy atom. The topological polar surface area (TPSA) is 400 Å². The molecule has 25 nitrogen and oxygen atoms in total. The molecule has 0 spiro atoms. The highest BCUT2D eigenvalue weighted by atomic mass is 32.2. The van der Waals surface area contributed by atoms with E-state index in [-0.39, 0.29) is 97.7 Å². The van der Waals surface area contributed by atoms with E-state index in [4.69, 9.17) is 11.5 Å². The maximum absolute atomic E-state index is 15.2. The van der Waals surface area contributed by atoms with Gasteiger partial charge >= 0.3 is 5.97 Å². The lowest BCUT2D eigenvalue weighted by Gasteiger charge is -2.37. The van der Waals surface area contributed by atoms with Crippen molar-refractivity contribution in [1.82, 2.24) is 46.8 Å². The number of ketones is 2. The van der Waals surface area contributed by atoms with Crippen LogP contribution in [0, 0.1) is 29.3 Å². The van der Waals surface area contributed by atoms with Crippen molar-refractivity contribution in [3.8, 4) is 5.75 Å². The minimum atomic E-state index is -1.92. The Kier molecular flexibility index (Phi) is 26.7. The van der Waals surface area contributed by atoms with Crippen LogP contribution in [0.2, 0.25) is 0 Å². The highest BCUT2D eigenvalue weighted by molar-refractivity contribution is 7.98. The van der Waals surface area contributed by atoms with Gasteiger partial charge in [-0.3, -0.25) is 57.7 Å². The molecule has 8 atom stereocenters. The summed E-state index contributed by atoms with van der Waals surface area (Å²) in [5.74, 6) is -13.9. The Morgan fingerprint density at radius 2 is 1.32 bits per heavy atom. The number of aromatic hydroxyl groups is 1. The van der Waals surface area contributed by atoms with Crippen molar-refractivity contribution in [3.05, 3.63) is 148 Å². The van der Waals surface area contributed by atoms with Gasteiger partial charge in [0.15, 0.2) is 11.6 Å². The summed E-state index contributed by atoms with van der Waals surface area (Å²) >= 11 is 2.50. The van der Waals surface area contributed by atoms with Gasteiger partial charge in [0.25, 0.3) is 0 Å². The summed E-state index contributed by atoms with van der Waals surface area (Å²) in [5.41, 5.74) is 13.7. The van der Waals surface area contributed by atoms with Crippen molar-refractivity contribution < 1.29 is 76.1 Å². The van der Waals surface area contributed by atoms with Gasteiger partial charge in [-0.2, -0.15) is 23.5 Å². The summed E-state index contributed by atoms with van der Waals surface area (Å²) < 4.78 is 45.1. The van der Waals surface area contributed by atoms with Crippen molar-refractivity contribution in [2.45, 2.75) is 144 Å². The number of carbonyl (C=O) groups excluding carboxylic acids is 10. The number of nitrogens with zero attached hydrogens (tertiary/aromatic N) is 2. The van der Waals surface area contributed by atoms with E-state index in [0.29, 0.717) is 63.5 Å². The van der Waals surface area contributed by atoms with Crippen LogP contribution in [0.25, 0.3) is 21.8 Å². The number of aliphatic imine (C=N–C) groups is 1. The van der Waals surface area contributed by atoms with Crippen LogP contribution < -0.4 is 43.4 Å². The van der Waals surface area contributed by atoms with E-state index in [1.165, 1.54) is 127 Å². The number of halogens is 3. The Labute approximate surface area is 593 Å². The first-order chi connectivity index (χ1) is 48.8. The van der Waals surface area contributed by atoms with E-state index < -0.39 is 162 Å². The molecule has 2 aromatic heterocycles. The molecule has 3 aliphatic rings. The summed E-state index contributed by atoms with van der Waals surface area (Å²) in [6, 6.07) is 10.4. The number of phenolic OH excluding ortho intramolecular Hbond substituents is 1. The van der Waals surface area contributed by atoms with Crippen LogP contribution in [0.4, 0.5) is 13.2 Å². The number of rotatable bonds is 15. The number of unbranched alkanes of at least 4 members (excludes halogenated alkanes) is 1. The molecule has 30 heteroatoms. The van der Waals surface area contributed by atoms with E-state index in [1.807, 2.05) is 0 Å². The molecule has 0 radical (unpaired) electrons. The van der Waals surface area contributed by atoms with Crippen molar-refractivity contribution in [3.63, 3.8) is 0 Å². The van der Waals surface area contributed by atoms with Crippen LogP contribution in [0.1, 0.15) is 105 Å². The Balaban J connectivity index is 1.06. The zero-order valence-corrected chi connectivity index (χ0v) is 57.7. The van der Waals surface area contributed by atoms with Crippen LogP contribution in [0.3, 0.4) is 0 Å². The fourth-order valence-electron chi connectivity index (χ4n) is 12.9. The number of H-pyrrole nitrogens is 2. The molecular weight excluding hydrogens is 1360 g/mol. The number of primary amides is 1. The Morgan fingerprint density at radius 1 is 0.686 bits per heavy atom. The van der Waals surface area contributed by atoms with Gasteiger partial charge < -0.3 is 68.4 Å². The molecule has 1 saturated heterocycles. The number of benzene rings is 4. The monoisotopic (exact) mass is 1440 g/mol. The number of carboxylic acids is 1. The number of carboxylic acid groups (broad SMARTS) is 1. The van der Waals surface area contributed by atoms with Gasteiger partial charge in [-0.1, -0.05) is 18.2 Å². The molecule has 14 N–H and O–H groups in total. The lowest BCUT2D eigenvalue weighted by molar-refractivity contribution is -0.147. The number of aromatic amines is 2. The third kappa shape index (κ3) is 20.9. The molecule has 5 heterocycles. The number of nitrogens with two attached hydrogens (primary N) is 2. The average Bonchev–Trinajstić information content (AvgIpc) is 1.59. The number of phenols is 1. The van der Waals surface area contributed by atoms with E-state index in [9.17, 15) is 52.6 Å². The summed E-state index contributed by atoms with van der Waals surface area (Å²) in [6.07, 6.45) is 4.09. The molecule has 102 heavy (non-hydrogen) atoms. The first-order valence-corrected chi connectivity index (χ1v) is 35.9. The molecular formula is C72H83F3N12O13S2. The number of hydrogen-bond donors (Lipinski definition) is 12. The number of fused-ring (bicyclic) bond motifs is 5. The lowest BCUT2D eigenvalue weighted by Crippen LogP contribution is -2.62. The number of thioether (sulfide) groups is 2. The van der Waals surface area contributed by atoms with E-state index in [1.54, 1.807) is 12.3 Å². The number of nitrogens with one attached hydrogen (secondary N) is 8. The second-order valence-electron chi connectivity index (χ2n) is 26.1. The normalized spacial score (nSPS) is 23.3. The molecule has 3 aliphatic heterocycles. The molecule has 2 bridgehead atoms. The zero-order valence-electron chi connectivity index (χ0n) is 56.1. The van der Waals surface area contributed by atoms with Crippen LogP contribution in [0.5, 0.6) is 5.75 Å². The number of aliphatic carboxylic acids is 1. The second kappa shape index (κ2) is 35.7. The lowest BCUT2D eigenvalue weighted by atomic mass is 9.89. The molecule has 8 amide bonds. The zero-order chi connectivity index (χ0) is 73.2. The summed E-state index contributed by atoms with van der Waals surface area (Å²) in [4.78, 5) is 169. The van der Waals surface area contributed by atoms with E-state index >= 15 is 23.6 Å². The van der Waals surface area contributed by atoms with E-state index in [0.717, 1.165) is 0 Å². The number of aromatic nitrogens is 2. The Hall–Kier alpha value is -9.81. The van der Waals surface area contributed by atoms with Gasteiger partial charge in [-0.05, 0) is 152 Å². The molecule has 0 saturated carbocycles. The quantitative estimate of drug-likeness (QED) is 0.0582. The first kappa shape index (κ1) is 76.4. The standard InChI is InChI=1S/C72H83F3N12O13S2/c1-72-16-4-19-87(72)70(99)60(25-40-6-10-51(88)11-7-40)85-66(95)44(22-41-14-18-78-33-41)29-62(90)58(32-64(92)93)83-69(98)59(28-47-35-80-56-13-9-49(74)31-54(47)56)84-67(96)45(26-46-34-79-55-12-8-48(73)30-53(46)55)27-52(89)36-81-68(97)57(5-2-3-17-76)82-63(91)15-20-101-37-42-21-43(24-50(75)23-42)38-102-39-61(65(77)94)86-71(72)100/h6-13,18,21,23-24,30-31,33-35,44-45,57-61,79-80,88H,2-5,14-17,19-20,22,25-29,32,36-39,76H2,1H3,(H2,77,94)(H,81,97)(H,82,91)(H,83,98)(H,84,96)(H,85,95)(H,86,100)(H,92,93)/t44-,45-,57+,58+,59+,60+,61+,72+/m1/s1. The Bertz CT molecular complexity index is 4190. The van der Waals surface area contributed by atoms with Gasteiger partial charge in [-0.25, -0.2) is 13.2 Å². The van der Waals surface area contributed by atoms with Crippen molar-refractivity contribution in [1.29, 1.82) is 0 Å². The number of carbonyl (C=O) groups is 11. The minimum absolute atomic E-state index is 0.00804. The van der Waals surface area contributed by atoms with Crippen molar-refractivity contribution >= 4 is 116 Å². The molecule has 1 fully saturated rings. The van der Waals surface area contributed by atoms with E-state index in [2.05, 4.69) is 46.9 Å². The first-order valence-electron chi connectivity index (χ1n) is 33.6. The van der Waals surface area contributed by atoms with Gasteiger partial charge in [0.2, 0.25) is 47.3 Å². The van der Waals surface area contributed by atoms with Gasteiger partial charge in [-0.15, -0.1) is 0 Å². The third-order valence-corrected chi connectivity index (χ3v) is 20.5. The highest BCUT2D eigenvalue weighted by Crippen LogP contribution is 2.33. The SMILES string of the molecule is C[C@@]12CCCN1C(=O)[C@H](Cc1ccc(O)cc1)NC(=O)[C@H](CC1=CN=CC1)CC(=O)[C@H](CC(=O)O)NC(=O)[C@H](Cc1c[nH]c3ccc(F)cc13)NC(=O)[C@H](Cc1c[nH]c3ccc(F)cc13)CC(=O)CNC(=O)[C@H](CCCCN)NC(=O)CCSCc1cc(F)cc(c1)CSC[C@@H](C(N)=O)NC2=O. The summed E-state index contributed by atoms with van der Waals surface area (Å²) in [7, 11) is 0. The van der Waals surface area contributed by atoms with Crippen LogP contribution in [-0.4, -0.2) is 163 Å². The maximum Gasteiger partial charge on any atom is 0.305 e. The minimum Gasteiger partial charge on any atom is -0.508 e. The molecule has 542 valence electrons. The molecule has 9 rings (SSSR count). The molecule has 0 unspecified atom stereocenters. The predicted octanol–water partition coefficient (Wildman–Crippen LogP) is 5.28. The number of Topliss-reactive ketones (excluding diaryl/α,β-unsaturated/α-hetero) is 2. The molecule has 4 aromatic carbocycles. The van der Waals surface area contributed by atoms with Gasteiger partial charge in [0, 0.05) is 127 Å². The number of allylic oxidation sites excluding steroid dienone is 1. The fraction of sp³-hybridized carbons (Fsp3) is 0.417. The average molecular weight is 1450 g/mol. The summed E-state index contributed by atoms with van der Waals surface area (Å²) in [5, 5.41) is 37.3. The highest BCUT2D eigenvalue weighted by Gasteiger charge is 2.49. The van der Waals surface area contributed by atoms with Gasteiger partial charge in [0.1, 0.15) is 52.9 Å². The fourth-order valence-corrected chi connectivity index (χ4v) is 14.8. The van der Waals surface area contributed by atoms with Crippen LogP contribution in [-0.2, 0) is 83.5 Å². The molecule has 0 aliphatic carbocycles. The smallest absolute Gasteiger partial charge is 0.305 e. The summed E-state index contributed by atoms with van der Waals surface area (Å²) in [6.45, 7) is 1.14. The maximum atomic E-state index is 15.2. The van der Waals surface area contributed by atoms with Crippen molar-refractivity contribution in [2.75, 3.05) is 31.1 Å².